The van der Waals surface area contributed by atoms with E-state index in [1.807, 2.05) is 56.0 Å². The maximum absolute atomic E-state index is 13.7. The second kappa shape index (κ2) is 11.0. The SMILES string of the molecule is CCOC(=O)C1CCN(N(C(=O)N2CCCCC2)c2ccccc2)C(C(=O)OC(C)(C)C)C1. The largest absolute Gasteiger partial charge is 0.466 e. The zero-order valence-corrected chi connectivity index (χ0v) is 20.3. The number of likely N-dealkylation sites (tertiary alicyclic amines) is 1. The molecule has 1 aromatic carbocycles. The minimum Gasteiger partial charge on any atom is -0.466 e. The minimum absolute atomic E-state index is 0.149. The highest BCUT2D eigenvalue weighted by Gasteiger charge is 2.44. The van der Waals surface area contributed by atoms with Crippen LogP contribution in [0.1, 0.15) is 59.8 Å². The summed E-state index contributed by atoms with van der Waals surface area (Å²) >= 11 is 0. The molecule has 2 aliphatic rings. The zero-order chi connectivity index (χ0) is 24.0. The Labute approximate surface area is 196 Å². The van der Waals surface area contributed by atoms with Gasteiger partial charge in [0.1, 0.15) is 11.6 Å². The smallest absolute Gasteiger partial charge is 0.339 e. The van der Waals surface area contributed by atoms with Gasteiger partial charge in [-0.05, 0) is 71.9 Å². The highest BCUT2D eigenvalue weighted by Crippen LogP contribution is 2.31. The monoisotopic (exact) mass is 459 g/mol. The van der Waals surface area contributed by atoms with E-state index in [4.69, 9.17) is 9.47 Å². The molecular weight excluding hydrogens is 422 g/mol. The first-order valence-corrected chi connectivity index (χ1v) is 12.0. The fraction of sp³-hybridized carbons (Fsp3) is 0.640. The van der Waals surface area contributed by atoms with Gasteiger partial charge in [0, 0.05) is 19.6 Å². The Morgan fingerprint density at radius 1 is 1.00 bits per heavy atom. The lowest BCUT2D eigenvalue weighted by atomic mass is 9.91. The molecule has 0 N–H and O–H groups in total. The molecule has 2 aliphatic heterocycles. The topological polar surface area (TPSA) is 79.4 Å². The molecular formula is C25H37N3O5. The number of urea groups is 1. The third kappa shape index (κ3) is 6.47. The molecule has 2 unspecified atom stereocenters. The number of hydrogen-bond donors (Lipinski definition) is 0. The van der Waals surface area contributed by atoms with Crippen LogP contribution in [-0.4, -0.2) is 65.8 Å². The number of anilines is 1. The first-order valence-electron chi connectivity index (χ1n) is 12.0. The lowest BCUT2D eigenvalue weighted by Crippen LogP contribution is -2.62. The molecule has 2 heterocycles. The van der Waals surface area contributed by atoms with Gasteiger partial charge in [-0.1, -0.05) is 18.2 Å². The van der Waals surface area contributed by atoms with Crippen LogP contribution in [-0.2, 0) is 19.1 Å². The zero-order valence-electron chi connectivity index (χ0n) is 20.3. The number of nitrogens with zero attached hydrogens (tertiary/aromatic N) is 3. The molecule has 0 aromatic heterocycles. The maximum atomic E-state index is 13.7. The second-order valence-electron chi connectivity index (χ2n) is 9.66. The van der Waals surface area contributed by atoms with Crippen LogP contribution in [0, 0.1) is 5.92 Å². The van der Waals surface area contributed by atoms with E-state index in [2.05, 4.69) is 0 Å². The van der Waals surface area contributed by atoms with E-state index in [1.165, 1.54) is 0 Å². The summed E-state index contributed by atoms with van der Waals surface area (Å²) in [5.74, 6) is -1.16. The fourth-order valence-corrected chi connectivity index (χ4v) is 4.41. The summed E-state index contributed by atoms with van der Waals surface area (Å²) in [6, 6.07) is 8.45. The molecule has 0 spiro atoms. The Hall–Kier alpha value is -2.61. The summed E-state index contributed by atoms with van der Waals surface area (Å²) in [4.78, 5) is 41.4. The third-order valence-electron chi connectivity index (χ3n) is 5.94. The summed E-state index contributed by atoms with van der Waals surface area (Å²) in [6.07, 6.45) is 3.78. The van der Waals surface area contributed by atoms with Crippen molar-refractivity contribution in [2.24, 2.45) is 5.92 Å². The third-order valence-corrected chi connectivity index (χ3v) is 5.94. The Morgan fingerprint density at radius 3 is 2.27 bits per heavy atom. The van der Waals surface area contributed by atoms with Crippen LogP contribution in [0.15, 0.2) is 30.3 Å². The van der Waals surface area contributed by atoms with Crippen molar-refractivity contribution in [2.45, 2.75) is 71.4 Å². The van der Waals surface area contributed by atoms with E-state index in [0.717, 1.165) is 19.3 Å². The van der Waals surface area contributed by atoms with E-state index >= 15 is 0 Å². The first kappa shape index (κ1) is 25.0. The van der Waals surface area contributed by atoms with E-state index in [0.29, 0.717) is 38.3 Å². The van der Waals surface area contributed by atoms with E-state index in [-0.39, 0.29) is 18.4 Å². The van der Waals surface area contributed by atoms with Crippen LogP contribution in [0.4, 0.5) is 10.5 Å². The van der Waals surface area contributed by atoms with Crippen molar-refractivity contribution in [1.29, 1.82) is 0 Å². The number of ether oxygens (including phenoxy) is 2. The van der Waals surface area contributed by atoms with Gasteiger partial charge in [-0.15, -0.1) is 0 Å². The summed E-state index contributed by atoms with van der Waals surface area (Å²) in [5.41, 5.74) is 0.00451. The summed E-state index contributed by atoms with van der Waals surface area (Å²) in [6.45, 7) is 9.25. The van der Waals surface area contributed by atoms with Crippen LogP contribution >= 0.6 is 0 Å². The van der Waals surface area contributed by atoms with Gasteiger partial charge < -0.3 is 14.4 Å². The van der Waals surface area contributed by atoms with Crippen molar-refractivity contribution in [3.8, 4) is 0 Å². The highest BCUT2D eigenvalue weighted by atomic mass is 16.6. The van der Waals surface area contributed by atoms with Crippen molar-refractivity contribution in [3.05, 3.63) is 30.3 Å². The second-order valence-corrected chi connectivity index (χ2v) is 9.66. The molecule has 33 heavy (non-hydrogen) atoms. The van der Waals surface area contributed by atoms with Gasteiger partial charge in [-0.25, -0.2) is 9.80 Å². The molecule has 0 bridgehead atoms. The number of amides is 2. The van der Waals surface area contributed by atoms with Gasteiger partial charge >= 0.3 is 18.0 Å². The number of piperidine rings is 2. The highest BCUT2D eigenvalue weighted by molar-refractivity contribution is 5.92. The standard InChI is InChI=1S/C25H37N3O5/c1-5-32-22(29)19-14-17-27(21(18-19)23(30)33-25(2,3)4)28(20-12-8-6-9-13-20)24(31)26-15-10-7-11-16-26/h6,8-9,12-13,19,21H,5,7,10-11,14-18H2,1-4H3. The fourth-order valence-electron chi connectivity index (χ4n) is 4.41. The number of carbonyl (C=O) groups excluding carboxylic acids is 3. The maximum Gasteiger partial charge on any atom is 0.339 e. The van der Waals surface area contributed by atoms with Crippen molar-refractivity contribution in [3.63, 3.8) is 0 Å². The quantitative estimate of drug-likeness (QED) is 0.620. The number of hydrogen-bond acceptors (Lipinski definition) is 6. The molecule has 182 valence electrons. The number of para-hydroxylation sites is 1. The van der Waals surface area contributed by atoms with Crippen molar-refractivity contribution >= 4 is 23.7 Å². The van der Waals surface area contributed by atoms with Gasteiger partial charge in [0.05, 0.1) is 18.2 Å². The van der Waals surface area contributed by atoms with Gasteiger partial charge in [0.25, 0.3) is 0 Å². The summed E-state index contributed by atoms with van der Waals surface area (Å²) in [5, 5.41) is 3.40. The van der Waals surface area contributed by atoms with E-state index < -0.39 is 23.5 Å². The van der Waals surface area contributed by atoms with E-state index in [1.54, 1.807) is 16.9 Å². The summed E-state index contributed by atoms with van der Waals surface area (Å²) < 4.78 is 11.0. The molecule has 1 aromatic rings. The van der Waals surface area contributed by atoms with Crippen LogP contribution in [0.3, 0.4) is 0 Å². The number of benzene rings is 1. The molecule has 2 fully saturated rings. The Kier molecular flexibility index (Phi) is 8.35. The van der Waals surface area contributed by atoms with Gasteiger partial charge in [0.15, 0.2) is 0 Å². The van der Waals surface area contributed by atoms with Crippen LogP contribution in [0.5, 0.6) is 0 Å². The van der Waals surface area contributed by atoms with Crippen molar-refractivity contribution in [1.82, 2.24) is 9.91 Å². The van der Waals surface area contributed by atoms with Crippen molar-refractivity contribution in [2.75, 3.05) is 31.3 Å². The van der Waals surface area contributed by atoms with Crippen LogP contribution in [0.25, 0.3) is 0 Å². The molecule has 2 amide bonds. The Bertz CT molecular complexity index is 817. The molecule has 8 nitrogen and oxygen atoms in total. The predicted octanol–water partition coefficient (Wildman–Crippen LogP) is 4.00. The van der Waals surface area contributed by atoms with E-state index in [9.17, 15) is 14.4 Å². The summed E-state index contributed by atoms with van der Waals surface area (Å²) in [7, 11) is 0. The lowest BCUT2D eigenvalue weighted by molar-refractivity contribution is -0.165. The number of carbonyl (C=O) groups is 3. The average Bonchev–Trinajstić information content (AvgIpc) is 2.79. The van der Waals surface area contributed by atoms with Crippen molar-refractivity contribution < 1.29 is 23.9 Å². The number of esters is 2. The van der Waals surface area contributed by atoms with Gasteiger partial charge in [-0.2, -0.15) is 5.01 Å². The molecule has 0 radical (unpaired) electrons. The lowest BCUT2D eigenvalue weighted by Gasteiger charge is -2.45. The molecule has 0 aliphatic carbocycles. The molecule has 2 atom stereocenters. The number of rotatable bonds is 5. The molecule has 2 saturated heterocycles. The minimum atomic E-state index is -0.777. The Balaban J connectivity index is 1.95. The first-order chi connectivity index (χ1) is 15.7. The van der Waals surface area contributed by atoms with Gasteiger partial charge in [-0.3, -0.25) is 9.59 Å². The Morgan fingerprint density at radius 2 is 1.67 bits per heavy atom. The molecule has 8 heteroatoms. The van der Waals surface area contributed by atoms with Crippen LogP contribution in [0.2, 0.25) is 0 Å². The van der Waals surface area contributed by atoms with Gasteiger partial charge in [0.2, 0.25) is 0 Å². The van der Waals surface area contributed by atoms with Crippen LogP contribution < -0.4 is 5.01 Å². The molecule has 3 rings (SSSR count). The normalized spacial score (nSPS) is 21.9. The molecule has 0 saturated carbocycles. The number of hydrazine groups is 1. The average molecular weight is 460 g/mol. The predicted molar refractivity (Wildman–Crippen MR) is 125 cm³/mol.